The minimum Gasteiger partial charge on any atom is -0.481 e. The van der Waals surface area contributed by atoms with Gasteiger partial charge in [-0.1, -0.05) is 20.8 Å². The fourth-order valence-electron chi connectivity index (χ4n) is 1.35. The van der Waals surface area contributed by atoms with Gasteiger partial charge in [0.1, 0.15) is 0 Å². The molecule has 8 nitrogen and oxygen atoms in total. The number of anilines is 1. The minimum atomic E-state index is -0.974. The van der Waals surface area contributed by atoms with E-state index in [4.69, 9.17) is 5.11 Å². The molecule has 0 saturated carbocycles. The van der Waals surface area contributed by atoms with Gasteiger partial charge in [0, 0.05) is 6.04 Å². The number of carboxylic acid groups (broad SMARTS) is 1. The first-order valence-electron chi connectivity index (χ1n) is 5.72. The summed E-state index contributed by atoms with van der Waals surface area (Å²) in [6.07, 6.45) is 2.61. The fraction of sp³-hybridized carbons (Fsp3) is 0.545. The number of nitrogens with one attached hydrogen (secondary N) is 2. The van der Waals surface area contributed by atoms with Crippen molar-refractivity contribution in [2.45, 2.75) is 33.2 Å². The van der Waals surface area contributed by atoms with Crippen LogP contribution >= 0.6 is 0 Å². The van der Waals surface area contributed by atoms with Crippen molar-refractivity contribution in [3.05, 3.63) is 12.4 Å². The van der Waals surface area contributed by atoms with Crippen LogP contribution in [0.5, 0.6) is 0 Å². The quantitative estimate of drug-likeness (QED) is 0.745. The van der Waals surface area contributed by atoms with Crippen molar-refractivity contribution in [1.82, 2.24) is 20.5 Å². The monoisotopic (exact) mass is 267 g/mol. The highest BCUT2D eigenvalue weighted by Gasteiger charge is 2.28. The summed E-state index contributed by atoms with van der Waals surface area (Å²) in [5, 5.41) is 21.0. The summed E-state index contributed by atoms with van der Waals surface area (Å²) < 4.78 is 0. The number of carbonyl (C=O) groups is 2. The van der Waals surface area contributed by atoms with E-state index in [0.29, 0.717) is 0 Å². The number of hydrogen-bond acceptors (Lipinski definition) is 5. The second-order valence-electron chi connectivity index (χ2n) is 5.08. The molecule has 1 rings (SSSR count). The molecule has 0 aliphatic rings. The van der Waals surface area contributed by atoms with Crippen LogP contribution < -0.4 is 10.6 Å². The fourth-order valence-corrected chi connectivity index (χ4v) is 1.35. The van der Waals surface area contributed by atoms with Crippen LogP contribution in [-0.2, 0) is 4.79 Å². The summed E-state index contributed by atoms with van der Waals surface area (Å²) in [6.45, 7) is 5.55. The van der Waals surface area contributed by atoms with Crippen molar-refractivity contribution in [1.29, 1.82) is 0 Å². The van der Waals surface area contributed by atoms with Gasteiger partial charge in [-0.3, -0.25) is 10.1 Å². The molecule has 19 heavy (non-hydrogen) atoms. The molecular formula is C11H17N5O3. The van der Waals surface area contributed by atoms with Crippen LogP contribution in [0.25, 0.3) is 0 Å². The molecule has 0 bridgehead atoms. The Kier molecular flexibility index (Phi) is 4.74. The molecule has 0 aliphatic heterocycles. The largest absolute Gasteiger partial charge is 0.481 e. The molecule has 0 aromatic carbocycles. The van der Waals surface area contributed by atoms with Gasteiger partial charge < -0.3 is 10.4 Å². The smallest absolute Gasteiger partial charge is 0.321 e. The van der Waals surface area contributed by atoms with Crippen molar-refractivity contribution in [3.8, 4) is 0 Å². The van der Waals surface area contributed by atoms with Crippen LogP contribution in [0, 0.1) is 5.41 Å². The average Bonchev–Trinajstić information content (AvgIpc) is 2.27. The van der Waals surface area contributed by atoms with E-state index in [1.165, 1.54) is 12.4 Å². The van der Waals surface area contributed by atoms with Crippen LogP contribution in [0.2, 0.25) is 0 Å². The highest BCUT2D eigenvalue weighted by atomic mass is 16.4. The number of aromatic nitrogens is 3. The first-order chi connectivity index (χ1) is 8.79. The van der Waals surface area contributed by atoms with Crippen molar-refractivity contribution in [2.24, 2.45) is 5.41 Å². The van der Waals surface area contributed by atoms with Gasteiger partial charge in [0.05, 0.1) is 18.8 Å². The normalized spacial score (nSPS) is 12.6. The average molecular weight is 267 g/mol. The summed E-state index contributed by atoms with van der Waals surface area (Å²) in [5.41, 5.74) is -0.383. The Morgan fingerprint density at radius 3 is 2.53 bits per heavy atom. The molecule has 3 N–H and O–H groups in total. The molecule has 0 aliphatic carbocycles. The molecule has 1 unspecified atom stereocenters. The lowest BCUT2D eigenvalue weighted by Gasteiger charge is -2.30. The van der Waals surface area contributed by atoms with Crippen LogP contribution in [0.15, 0.2) is 12.4 Å². The summed E-state index contributed by atoms with van der Waals surface area (Å²) in [4.78, 5) is 26.3. The number of urea groups is 1. The number of nitrogens with zero attached hydrogens (tertiary/aromatic N) is 3. The Morgan fingerprint density at radius 2 is 2.05 bits per heavy atom. The van der Waals surface area contributed by atoms with Gasteiger partial charge in [0.2, 0.25) is 0 Å². The third kappa shape index (κ3) is 5.28. The lowest BCUT2D eigenvalue weighted by atomic mass is 9.85. The molecule has 0 fully saturated rings. The van der Waals surface area contributed by atoms with Crippen LogP contribution in [0.4, 0.5) is 10.7 Å². The van der Waals surface area contributed by atoms with Gasteiger partial charge in [-0.25, -0.2) is 9.78 Å². The molecule has 8 heteroatoms. The minimum absolute atomic E-state index is 0.0583. The Morgan fingerprint density at radius 1 is 1.37 bits per heavy atom. The zero-order valence-corrected chi connectivity index (χ0v) is 11.0. The standard InChI is InChI=1S/C11H17N5O3/c1-11(2,3)7(6-8(17)18)14-10(19)15-9-12-4-5-13-16-9/h4-5,7H,6H2,1-3H3,(H,17,18)(H2,12,14,15,16,19). The van der Waals surface area contributed by atoms with E-state index in [-0.39, 0.29) is 17.8 Å². The lowest BCUT2D eigenvalue weighted by Crippen LogP contribution is -2.46. The molecule has 1 aromatic heterocycles. The molecule has 1 atom stereocenters. The predicted molar refractivity (Wildman–Crippen MR) is 67.5 cm³/mol. The Hall–Kier alpha value is -2.25. The zero-order valence-electron chi connectivity index (χ0n) is 11.0. The van der Waals surface area contributed by atoms with Crippen molar-refractivity contribution in [3.63, 3.8) is 0 Å². The van der Waals surface area contributed by atoms with Gasteiger partial charge >= 0.3 is 12.0 Å². The van der Waals surface area contributed by atoms with Crippen LogP contribution in [0.1, 0.15) is 27.2 Å². The van der Waals surface area contributed by atoms with Crippen LogP contribution in [-0.4, -0.2) is 38.3 Å². The molecule has 0 radical (unpaired) electrons. The number of carboxylic acids is 1. The molecule has 104 valence electrons. The summed E-state index contributed by atoms with van der Waals surface area (Å²) in [5.74, 6) is -0.916. The Bertz CT molecular complexity index is 443. The van der Waals surface area contributed by atoms with Crippen molar-refractivity contribution < 1.29 is 14.7 Å². The van der Waals surface area contributed by atoms with Gasteiger partial charge in [0.25, 0.3) is 5.95 Å². The van der Waals surface area contributed by atoms with Crippen LogP contribution in [0.3, 0.4) is 0 Å². The van der Waals surface area contributed by atoms with Gasteiger partial charge in [-0.05, 0) is 5.41 Å². The SMILES string of the molecule is CC(C)(C)C(CC(=O)O)NC(=O)Nc1nccnn1. The van der Waals surface area contributed by atoms with E-state index < -0.39 is 18.0 Å². The van der Waals surface area contributed by atoms with E-state index in [9.17, 15) is 9.59 Å². The third-order valence-electron chi connectivity index (χ3n) is 2.44. The van der Waals surface area contributed by atoms with E-state index in [1.54, 1.807) is 0 Å². The second kappa shape index (κ2) is 6.07. The maximum atomic E-state index is 11.7. The number of aliphatic carboxylic acids is 1. The second-order valence-corrected chi connectivity index (χ2v) is 5.08. The highest BCUT2D eigenvalue weighted by Crippen LogP contribution is 2.21. The third-order valence-corrected chi connectivity index (χ3v) is 2.44. The Labute approximate surface area is 110 Å². The molecule has 0 spiro atoms. The van der Waals surface area contributed by atoms with Crippen molar-refractivity contribution >= 4 is 17.9 Å². The summed E-state index contributed by atoms with van der Waals surface area (Å²) >= 11 is 0. The summed E-state index contributed by atoms with van der Waals surface area (Å²) in [7, 11) is 0. The maximum Gasteiger partial charge on any atom is 0.321 e. The number of amides is 2. The van der Waals surface area contributed by atoms with E-state index >= 15 is 0 Å². The molecule has 2 amide bonds. The molecule has 1 heterocycles. The molecule has 1 aromatic rings. The predicted octanol–water partition coefficient (Wildman–Crippen LogP) is 0.882. The molecular weight excluding hydrogens is 250 g/mol. The first kappa shape index (κ1) is 14.8. The first-order valence-corrected chi connectivity index (χ1v) is 5.72. The molecule has 0 saturated heterocycles. The van der Waals surface area contributed by atoms with Gasteiger partial charge in [0.15, 0.2) is 0 Å². The maximum absolute atomic E-state index is 11.7. The van der Waals surface area contributed by atoms with E-state index in [2.05, 4.69) is 25.8 Å². The number of rotatable bonds is 4. The highest BCUT2D eigenvalue weighted by molar-refractivity contribution is 5.87. The van der Waals surface area contributed by atoms with E-state index in [1.807, 2.05) is 20.8 Å². The van der Waals surface area contributed by atoms with Crippen molar-refractivity contribution in [2.75, 3.05) is 5.32 Å². The van der Waals surface area contributed by atoms with E-state index in [0.717, 1.165) is 0 Å². The van der Waals surface area contributed by atoms with Gasteiger partial charge in [-0.15, -0.1) is 5.10 Å². The topological polar surface area (TPSA) is 117 Å². The lowest BCUT2D eigenvalue weighted by molar-refractivity contribution is -0.138. The Balaban J connectivity index is 2.64. The summed E-state index contributed by atoms with van der Waals surface area (Å²) in [6, 6.07) is -1.07. The number of hydrogen-bond donors (Lipinski definition) is 3. The number of carbonyl (C=O) groups excluding carboxylic acids is 1. The zero-order chi connectivity index (χ0) is 14.5. The van der Waals surface area contributed by atoms with Gasteiger partial charge in [-0.2, -0.15) is 5.10 Å².